The Morgan fingerprint density at radius 2 is 2.05 bits per heavy atom. The number of ketones is 1. The van der Waals surface area contributed by atoms with Gasteiger partial charge in [0.2, 0.25) is 10.6 Å². The quantitative estimate of drug-likeness (QED) is 0.781. The van der Waals surface area contributed by atoms with Gasteiger partial charge in [0.1, 0.15) is 5.75 Å². The van der Waals surface area contributed by atoms with Gasteiger partial charge in [-0.1, -0.05) is 12.1 Å². The van der Waals surface area contributed by atoms with E-state index in [2.05, 4.69) is 26.0 Å². The SMILES string of the molecule is COc1ccc(Cn2nc(Br)nc2C(=O)C(F)F)cc1. The number of benzene rings is 1. The molecule has 0 aliphatic heterocycles. The molecule has 106 valence electrons. The van der Waals surface area contributed by atoms with Crippen molar-refractivity contribution in [3.8, 4) is 5.75 Å². The lowest BCUT2D eigenvalue weighted by atomic mass is 10.2. The number of carbonyl (C=O) groups excluding carboxylic acids is 1. The second kappa shape index (κ2) is 6.08. The van der Waals surface area contributed by atoms with Crippen molar-refractivity contribution in [2.24, 2.45) is 0 Å². The van der Waals surface area contributed by atoms with Gasteiger partial charge in [0.25, 0.3) is 5.78 Å². The number of halogens is 3. The van der Waals surface area contributed by atoms with Crippen LogP contribution in [0.2, 0.25) is 0 Å². The molecule has 2 rings (SSSR count). The van der Waals surface area contributed by atoms with E-state index in [1.807, 2.05) is 0 Å². The van der Waals surface area contributed by atoms with Gasteiger partial charge in [0.05, 0.1) is 13.7 Å². The van der Waals surface area contributed by atoms with Crippen LogP contribution in [0.25, 0.3) is 0 Å². The number of hydrogen-bond acceptors (Lipinski definition) is 4. The molecule has 20 heavy (non-hydrogen) atoms. The molecule has 0 atom stereocenters. The number of alkyl halides is 2. The highest BCUT2D eigenvalue weighted by molar-refractivity contribution is 9.10. The number of ether oxygens (including phenoxy) is 1. The van der Waals surface area contributed by atoms with Crippen LogP contribution in [0.3, 0.4) is 0 Å². The first-order chi connectivity index (χ1) is 9.51. The van der Waals surface area contributed by atoms with E-state index in [-0.39, 0.29) is 17.1 Å². The first kappa shape index (κ1) is 14.6. The molecule has 0 spiro atoms. The number of methoxy groups -OCH3 is 1. The van der Waals surface area contributed by atoms with Crippen LogP contribution in [0, 0.1) is 0 Å². The number of aromatic nitrogens is 3. The summed E-state index contributed by atoms with van der Waals surface area (Å²) in [7, 11) is 1.54. The smallest absolute Gasteiger partial charge is 0.303 e. The molecule has 0 saturated carbocycles. The minimum atomic E-state index is -3.11. The van der Waals surface area contributed by atoms with Crippen molar-refractivity contribution in [3.63, 3.8) is 0 Å². The summed E-state index contributed by atoms with van der Waals surface area (Å²) in [5.41, 5.74) is 0.784. The molecule has 0 radical (unpaired) electrons. The van der Waals surface area contributed by atoms with Gasteiger partial charge in [-0.15, -0.1) is 5.10 Å². The van der Waals surface area contributed by atoms with Crippen molar-refractivity contribution < 1.29 is 18.3 Å². The monoisotopic (exact) mass is 345 g/mol. The predicted octanol–water partition coefficient (Wildman–Crippen LogP) is 2.55. The minimum absolute atomic E-state index is 0.0926. The summed E-state index contributed by atoms with van der Waals surface area (Å²) in [6, 6.07) is 6.97. The fourth-order valence-corrected chi connectivity index (χ4v) is 1.97. The average molecular weight is 346 g/mol. The van der Waals surface area contributed by atoms with Gasteiger partial charge < -0.3 is 4.74 Å². The summed E-state index contributed by atoms with van der Waals surface area (Å²) >= 11 is 2.98. The summed E-state index contributed by atoms with van der Waals surface area (Å²) in [6.07, 6.45) is -3.11. The molecule has 0 bridgehead atoms. The maximum Gasteiger partial charge on any atom is 0.303 e. The molecule has 0 aliphatic carbocycles. The highest BCUT2D eigenvalue weighted by atomic mass is 79.9. The number of carbonyl (C=O) groups is 1. The Morgan fingerprint density at radius 3 is 2.60 bits per heavy atom. The molecule has 0 unspecified atom stereocenters. The average Bonchev–Trinajstić information content (AvgIpc) is 2.79. The summed E-state index contributed by atoms with van der Waals surface area (Å²) in [6.45, 7) is 0.163. The van der Waals surface area contributed by atoms with Crippen LogP contribution in [0.1, 0.15) is 16.2 Å². The summed E-state index contributed by atoms with van der Waals surface area (Å²) in [4.78, 5) is 15.0. The van der Waals surface area contributed by atoms with E-state index in [1.54, 1.807) is 31.4 Å². The highest BCUT2D eigenvalue weighted by Gasteiger charge is 2.25. The lowest BCUT2D eigenvalue weighted by Crippen LogP contribution is -2.18. The zero-order valence-electron chi connectivity index (χ0n) is 10.4. The second-order valence-electron chi connectivity index (χ2n) is 3.88. The molecule has 0 saturated heterocycles. The predicted molar refractivity (Wildman–Crippen MR) is 70.2 cm³/mol. The maximum atomic E-state index is 12.5. The Balaban J connectivity index is 2.26. The molecule has 5 nitrogen and oxygen atoms in total. The largest absolute Gasteiger partial charge is 0.497 e. The van der Waals surface area contributed by atoms with Gasteiger partial charge in [-0.05, 0) is 33.6 Å². The van der Waals surface area contributed by atoms with Gasteiger partial charge in [-0.25, -0.2) is 13.5 Å². The fraction of sp³-hybridized carbons (Fsp3) is 0.250. The molecule has 0 aliphatic rings. The van der Waals surface area contributed by atoms with Crippen molar-refractivity contribution in [2.45, 2.75) is 13.0 Å². The molecular formula is C12H10BrF2N3O2. The van der Waals surface area contributed by atoms with Crippen LogP contribution in [-0.2, 0) is 6.54 Å². The summed E-state index contributed by atoms with van der Waals surface area (Å²) in [5, 5.41) is 3.89. The third-order valence-electron chi connectivity index (χ3n) is 2.56. The van der Waals surface area contributed by atoms with Crippen LogP contribution in [0.15, 0.2) is 29.0 Å². The molecule has 0 amide bonds. The van der Waals surface area contributed by atoms with Crippen molar-refractivity contribution in [3.05, 3.63) is 40.4 Å². The molecular weight excluding hydrogens is 336 g/mol. The zero-order valence-corrected chi connectivity index (χ0v) is 12.0. The Morgan fingerprint density at radius 1 is 1.40 bits per heavy atom. The van der Waals surface area contributed by atoms with Crippen LogP contribution in [-0.4, -0.2) is 34.1 Å². The van der Waals surface area contributed by atoms with Crippen molar-refractivity contribution >= 4 is 21.7 Å². The van der Waals surface area contributed by atoms with Crippen molar-refractivity contribution in [1.29, 1.82) is 0 Å². The lowest BCUT2D eigenvalue weighted by molar-refractivity contribution is 0.0661. The Kier molecular flexibility index (Phi) is 4.43. The van der Waals surface area contributed by atoms with E-state index in [0.29, 0.717) is 5.75 Å². The number of rotatable bonds is 5. The van der Waals surface area contributed by atoms with Gasteiger partial charge in [0.15, 0.2) is 0 Å². The Hall–Kier alpha value is -1.83. The third-order valence-corrected chi connectivity index (χ3v) is 2.89. The van der Waals surface area contributed by atoms with Crippen LogP contribution in [0.4, 0.5) is 8.78 Å². The topological polar surface area (TPSA) is 57.0 Å². The number of Topliss-reactive ketones (excluding diaryl/α,β-unsaturated/α-hetero) is 1. The molecule has 2 aromatic rings. The van der Waals surface area contributed by atoms with E-state index < -0.39 is 12.2 Å². The van der Waals surface area contributed by atoms with Crippen molar-refractivity contribution in [2.75, 3.05) is 7.11 Å². The number of hydrogen-bond donors (Lipinski definition) is 0. The van der Waals surface area contributed by atoms with Gasteiger partial charge in [0, 0.05) is 0 Å². The summed E-state index contributed by atoms with van der Waals surface area (Å²) in [5.74, 6) is -1.04. The lowest BCUT2D eigenvalue weighted by Gasteiger charge is -2.06. The van der Waals surface area contributed by atoms with Crippen molar-refractivity contribution in [1.82, 2.24) is 14.8 Å². The zero-order chi connectivity index (χ0) is 14.7. The molecule has 8 heteroatoms. The van der Waals surface area contributed by atoms with Gasteiger partial charge in [-0.3, -0.25) is 4.79 Å². The standard InChI is InChI=1S/C12H10BrF2N3O2/c1-20-8-4-2-7(3-5-8)6-18-11(9(19)10(14)15)16-12(13)17-18/h2-5,10H,6H2,1H3. The number of nitrogens with zero attached hydrogens (tertiary/aromatic N) is 3. The Bertz CT molecular complexity index is 614. The Labute approximate surface area is 121 Å². The van der Waals surface area contributed by atoms with Crippen LogP contribution >= 0.6 is 15.9 Å². The molecule has 1 aromatic heterocycles. The molecule has 1 heterocycles. The van der Waals surface area contributed by atoms with Gasteiger partial charge in [-0.2, -0.15) is 4.98 Å². The minimum Gasteiger partial charge on any atom is -0.497 e. The first-order valence-corrected chi connectivity index (χ1v) is 6.36. The molecule has 0 N–H and O–H groups in total. The highest BCUT2D eigenvalue weighted by Crippen LogP contribution is 2.15. The van der Waals surface area contributed by atoms with E-state index in [1.165, 1.54) is 0 Å². The van der Waals surface area contributed by atoms with Crippen LogP contribution in [0.5, 0.6) is 5.75 Å². The second-order valence-corrected chi connectivity index (χ2v) is 4.58. The van der Waals surface area contributed by atoms with Crippen LogP contribution < -0.4 is 4.74 Å². The normalized spacial score (nSPS) is 10.8. The van der Waals surface area contributed by atoms with Gasteiger partial charge >= 0.3 is 6.43 Å². The fourth-order valence-electron chi connectivity index (χ4n) is 1.61. The maximum absolute atomic E-state index is 12.5. The van der Waals surface area contributed by atoms with E-state index in [0.717, 1.165) is 10.2 Å². The van der Waals surface area contributed by atoms with E-state index >= 15 is 0 Å². The summed E-state index contributed by atoms with van der Waals surface area (Å²) < 4.78 is 31.2. The third kappa shape index (κ3) is 3.19. The van der Waals surface area contributed by atoms with E-state index in [9.17, 15) is 13.6 Å². The van der Waals surface area contributed by atoms with E-state index in [4.69, 9.17) is 4.74 Å². The molecule has 0 fully saturated rings. The molecule has 1 aromatic carbocycles. The first-order valence-electron chi connectivity index (χ1n) is 5.57.